The molecule has 0 aromatic heterocycles. The third-order valence-electron chi connectivity index (χ3n) is 4.75. The number of aliphatic hydroxyl groups excluding tert-OH is 1. The normalized spacial score (nSPS) is 34.9. The summed E-state index contributed by atoms with van der Waals surface area (Å²) in [7, 11) is 0. The van der Waals surface area contributed by atoms with Crippen LogP contribution in [0.25, 0.3) is 0 Å². The third-order valence-corrected chi connectivity index (χ3v) is 4.75. The van der Waals surface area contributed by atoms with Crippen LogP contribution in [0.1, 0.15) is 58.8 Å². The molecule has 1 unspecified atom stereocenters. The van der Waals surface area contributed by atoms with Crippen molar-refractivity contribution in [3.8, 4) is 0 Å². The Labute approximate surface area is 112 Å². The van der Waals surface area contributed by atoms with E-state index in [2.05, 4.69) is 17.9 Å². The van der Waals surface area contributed by atoms with Gasteiger partial charge < -0.3 is 5.11 Å². The molecule has 0 aromatic rings. The molecule has 0 aromatic carbocycles. The highest BCUT2D eigenvalue weighted by Crippen LogP contribution is 2.36. The first kappa shape index (κ1) is 14.1. The van der Waals surface area contributed by atoms with Gasteiger partial charge in [0.25, 0.3) is 0 Å². The van der Waals surface area contributed by atoms with E-state index in [1.165, 1.54) is 45.1 Å². The zero-order chi connectivity index (χ0) is 13.0. The van der Waals surface area contributed by atoms with Crippen molar-refractivity contribution in [3.05, 3.63) is 12.2 Å². The summed E-state index contributed by atoms with van der Waals surface area (Å²) in [6.45, 7) is 5.58. The van der Waals surface area contributed by atoms with Crippen molar-refractivity contribution in [2.75, 3.05) is 6.54 Å². The molecule has 0 spiro atoms. The maximum Gasteiger partial charge on any atom is 0.0692 e. The molecule has 18 heavy (non-hydrogen) atoms. The Kier molecular flexibility index (Phi) is 5.25. The van der Waals surface area contributed by atoms with Gasteiger partial charge in [-0.3, -0.25) is 4.90 Å². The van der Waals surface area contributed by atoms with Gasteiger partial charge in [-0.05, 0) is 64.3 Å². The average molecular weight is 251 g/mol. The molecule has 0 amide bonds. The van der Waals surface area contributed by atoms with Crippen LogP contribution in [-0.2, 0) is 0 Å². The third kappa shape index (κ3) is 3.58. The fourth-order valence-corrected chi connectivity index (χ4v) is 3.77. The number of allylic oxidation sites excluding steroid dienone is 1. The smallest absolute Gasteiger partial charge is 0.0692 e. The molecular formula is C16H29NO. The molecule has 2 aliphatic heterocycles. The first-order chi connectivity index (χ1) is 8.68. The van der Waals surface area contributed by atoms with E-state index in [0.717, 1.165) is 24.4 Å². The van der Waals surface area contributed by atoms with Gasteiger partial charge in [-0.25, -0.2) is 0 Å². The Morgan fingerprint density at radius 3 is 2.94 bits per heavy atom. The summed E-state index contributed by atoms with van der Waals surface area (Å²) in [4.78, 5) is 2.80. The highest BCUT2D eigenvalue weighted by molar-refractivity contribution is 4.93. The van der Waals surface area contributed by atoms with Crippen LogP contribution in [0.5, 0.6) is 0 Å². The Morgan fingerprint density at radius 1 is 1.33 bits per heavy atom. The summed E-state index contributed by atoms with van der Waals surface area (Å²) < 4.78 is 0. The van der Waals surface area contributed by atoms with Gasteiger partial charge in [-0.15, -0.1) is 0 Å². The van der Waals surface area contributed by atoms with E-state index in [1.54, 1.807) is 0 Å². The molecule has 0 bridgehead atoms. The minimum atomic E-state index is -0.288. The van der Waals surface area contributed by atoms with Crippen molar-refractivity contribution < 1.29 is 5.11 Å². The molecule has 104 valence electrons. The number of nitrogens with zero attached hydrogens (tertiary/aromatic N) is 1. The summed E-state index contributed by atoms with van der Waals surface area (Å²) in [6, 6.07) is 1.73. The number of aliphatic hydroxyl groups is 1. The van der Waals surface area contributed by atoms with E-state index in [4.69, 9.17) is 5.11 Å². The van der Waals surface area contributed by atoms with Crippen LogP contribution < -0.4 is 0 Å². The molecule has 2 heterocycles. The molecule has 0 radical (unpaired) electrons. The minimum absolute atomic E-state index is 0.288. The van der Waals surface area contributed by atoms with E-state index in [0.29, 0.717) is 0 Å². The van der Waals surface area contributed by atoms with Gasteiger partial charge in [-0.2, -0.15) is 0 Å². The van der Waals surface area contributed by atoms with E-state index in [-0.39, 0.29) is 6.10 Å². The Hall–Kier alpha value is -0.340. The maximum atomic E-state index is 9.16. The van der Waals surface area contributed by atoms with Crippen molar-refractivity contribution in [2.24, 2.45) is 5.92 Å². The van der Waals surface area contributed by atoms with E-state index >= 15 is 0 Å². The number of rotatable bonds is 5. The van der Waals surface area contributed by atoms with E-state index < -0.39 is 0 Å². The minimum Gasteiger partial charge on any atom is -0.389 e. The van der Waals surface area contributed by atoms with Crippen LogP contribution in [0.2, 0.25) is 0 Å². The summed E-state index contributed by atoms with van der Waals surface area (Å²) in [6.07, 6.45) is 13.1. The lowest BCUT2D eigenvalue weighted by atomic mass is 9.85. The Balaban J connectivity index is 1.72. The first-order valence-electron chi connectivity index (χ1n) is 7.79. The van der Waals surface area contributed by atoms with Crippen molar-refractivity contribution in [3.63, 3.8) is 0 Å². The molecule has 2 aliphatic rings. The van der Waals surface area contributed by atoms with Crippen LogP contribution in [0.15, 0.2) is 12.2 Å². The lowest BCUT2D eigenvalue weighted by Gasteiger charge is -2.41. The molecular weight excluding hydrogens is 222 g/mol. The number of fused-ring (bicyclic) bond motifs is 1. The van der Waals surface area contributed by atoms with Crippen molar-refractivity contribution >= 4 is 0 Å². The quantitative estimate of drug-likeness (QED) is 0.598. The van der Waals surface area contributed by atoms with Crippen molar-refractivity contribution in [1.82, 2.24) is 4.90 Å². The predicted molar refractivity (Wildman–Crippen MR) is 76.6 cm³/mol. The van der Waals surface area contributed by atoms with Gasteiger partial charge in [0.1, 0.15) is 0 Å². The molecule has 2 heteroatoms. The molecule has 0 saturated carbocycles. The van der Waals surface area contributed by atoms with Crippen molar-refractivity contribution in [1.29, 1.82) is 0 Å². The zero-order valence-electron chi connectivity index (χ0n) is 12.0. The van der Waals surface area contributed by atoms with Crippen LogP contribution >= 0.6 is 0 Å². The second kappa shape index (κ2) is 6.72. The summed E-state index contributed by atoms with van der Waals surface area (Å²) in [5.41, 5.74) is 0. The molecule has 2 nitrogen and oxygen atoms in total. The Morgan fingerprint density at radius 2 is 2.17 bits per heavy atom. The SMILES string of the molecule is CC(O)/C=C\CCC[C@@H]1CC[C@@H](C)[C@@H]2CCCN12. The zero-order valence-corrected chi connectivity index (χ0v) is 12.0. The van der Waals surface area contributed by atoms with Gasteiger partial charge in [0.2, 0.25) is 0 Å². The second-order valence-corrected chi connectivity index (χ2v) is 6.26. The topological polar surface area (TPSA) is 23.5 Å². The molecule has 0 aliphatic carbocycles. The second-order valence-electron chi connectivity index (χ2n) is 6.26. The van der Waals surface area contributed by atoms with Crippen LogP contribution in [-0.4, -0.2) is 34.7 Å². The standard InChI is InChI=1S/C16H29NO/c1-13-10-11-15(17-12-6-9-16(13)17)8-5-3-4-7-14(2)18/h4,7,13-16,18H,3,5-6,8-12H2,1-2H3/b7-4-/t13-,14?,15-,16+/m1/s1. The summed E-state index contributed by atoms with van der Waals surface area (Å²) in [5, 5.41) is 9.16. The van der Waals surface area contributed by atoms with Gasteiger partial charge in [0.05, 0.1) is 6.10 Å². The van der Waals surface area contributed by atoms with Gasteiger partial charge >= 0.3 is 0 Å². The summed E-state index contributed by atoms with van der Waals surface area (Å²) in [5.74, 6) is 0.916. The van der Waals surface area contributed by atoms with Crippen LogP contribution in [0, 0.1) is 5.92 Å². The average Bonchev–Trinajstić information content (AvgIpc) is 2.81. The first-order valence-corrected chi connectivity index (χ1v) is 7.79. The number of unbranched alkanes of at least 4 members (excludes halogenated alkanes) is 1. The molecule has 4 atom stereocenters. The fraction of sp³-hybridized carbons (Fsp3) is 0.875. The molecule has 1 N–H and O–H groups in total. The Bertz CT molecular complexity index is 274. The van der Waals surface area contributed by atoms with Crippen LogP contribution in [0.3, 0.4) is 0 Å². The molecule has 2 rings (SSSR count). The fourth-order valence-electron chi connectivity index (χ4n) is 3.77. The van der Waals surface area contributed by atoms with Crippen LogP contribution in [0.4, 0.5) is 0 Å². The predicted octanol–water partition coefficient (Wildman–Crippen LogP) is 3.36. The number of hydrogen-bond acceptors (Lipinski definition) is 2. The monoisotopic (exact) mass is 251 g/mol. The molecule has 2 saturated heterocycles. The van der Waals surface area contributed by atoms with Crippen molar-refractivity contribution in [2.45, 2.75) is 77.0 Å². The summed E-state index contributed by atoms with van der Waals surface area (Å²) >= 11 is 0. The van der Waals surface area contributed by atoms with E-state index in [9.17, 15) is 0 Å². The number of hydrogen-bond donors (Lipinski definition) is 1. The van der Waals surface area contributed by atoms with Gasteiger partial charge in [0.15, 0.2) is 0 Å². The van der Waals surface area contributed by atoms with Gasteiger partial charge in [-0.1, -0.05) is 19.1 Å². The van der Waals surface area contributed by atoms with Gasteiger partial charge in [0, 0.05) is 12.1 Å². The molecule has 2 fully saturated rings. The maximum absolute atomic E-state index is 9.16. The highest BCUT2D eigenvalue weighted by Gasteiger charge is 2.37. The lowest BCUT2D eigenvalue weighted by Crippen LogP contribution is -2.46. The number of piperidine rings is 1. The lowest BCUT2D eigenvalue weighted by molar-refractivity contribution is 0.0756. The highest BCUT2D eigenvalue weighted by atomic mass is 16.3. The van der Waals surface area contributed by atoms with E-state index in [1.807, 2.05) is 13.0 Å². The largest absolute Gasteiger partial charge is 0.389 e.